The van der Waals surface area contributed by atoms with E-state index >= 15 is 0 Å². The highest BCUT2D eigenvalue weighted by atomic mass is 15.0. The van der Waals surface area contributed by atoms with Gasteiger partial charge in [0.1, 0.15) is 0 Å². The van der Waals surface area contributed by atoms with Gasteiger partial charge in [0.25, 0.3) is 0 Å². The number of fused-ring (bicyclic) bond motifs is 15. The quantitative estimate of drug-likeness (QED) is 0.175. The third kappa shape index (κ3) is 3.83. The Balaban J connectivity index is 1.24. The van der Waals surface area contributed by atoms with E-state index in [-0.39, 0.29) is 0 Å². The molecule has 12 rings (SSSR count). The summed E-state index contributed by atoms with van der Waals surface area (Å²) in [6.45, 7) is 0. The number of rotatable bonds is 3. The Morgan fingerprint density at radius 3 is 1.72 bits per heavy atom. The Morgan fingerprint density at radius 2 is 0.944 bits per heavy atom. The van der Waals surface area contributed by atoms with Gasteiger partial charge in [0.15, 0.2) is 0 Å². The van der Waals surface area contributed by atoms with Crippen molar-refractivity contribution in [2.24, 2.45) is 0 Å². The van der Waals surface area contributed by atoms with Crippen LogP contribution in [0.2, 0.25) is 0 Å². The minimum atomic E-state index is -0.485. The first kappa shape index (κ1) is 29.6. The molecule has 54 heavy (non-hydrogen) atoms. The molecule has 1 aromatic heterocycles. The first-order valence-electron chi connectivity index (χ1n) is 18.9. The molecule has 0 amide bonds. The zero-order valence-electron chi connectivity index (χ0n) is 29.5. The van der Waals surface area contributed by atoms with Gasteiger partial charge in [-0.05, 0) is 114 Å². The van der Waals surface area contributed by atoms with Crippen LogP contribution in [0.4, 0.5) is 0 Å². The lowest BCUT2D eigenvalue weighted by atomic mass is 9.69. The first-order valence-corrected chi connectivity index (χ1v) is 18.9. The van der Waals surface area contributed by atoms with Gasteiger partial charge in [-0.25, -0.2) is 0 Å². The van der Waals surface area contributed by atoms with Crippen molar-refractivity contribution < 1.29 is 0 Å². The Hall–Kier alpha value is -6.96. The van der Waals surface area contributed by atoms with Gasteiger partial charge in [0.05, 0.1) is 16.4 Å². The smallest absolute Gasteiger partial charge is 0.0731 e. The van der Waals surface area contributed by atoms with E-state index in [1.807, 2.05) is 0 Å². The third-order valence-corrected chi connectivity index (χ3v) is 12.2. The minimum Gasteiger partial charge on any atom is -0.309 e. The molecule has 1 nitrogen and oxygen atoms in total. The highest BCUT2D eigenvalue weighted by Gasteiger charge is 2.53. The summed E-state index contributed by atoms with van der Waals surface area (Å²) in [5.41, 5.74) is 18.8. The van der Waals surface area contributed by atoms with Gasteiger partial charge >= 0.3 is 0 Å². The van der Waals surface area contributed by atoms with Gasteiger partial charge in [-0.1, -0.05) is 164 Å². The summed E-state index contributed by atoms with van der Waals surface area (Å²) in [5, 5.41) is 5.09. The normalized spacial score (nSPS) is 13.3. The minimum absolute atomic E-state index is 0.485. The molecule has 0 aliphatic heterocycles. The van der Waals surface area contributed by atoms with Crippen LogP contribution in [0.5, 0.6) is 0 Å². The van der Waals surface area contributed by atoms with Crippen molar-refractivity contribution in [3.63, 3.8) is 0 Å². The van der Waals surface area contributed by atoms with Crippen LogP contribution in [0.1, 0.15) is 22.3 Å². The Kier molecular flexibility index (Phi) is 6.04. The van der Waals surface area contributed by atoms with Crippen LogP contribution in [-0.2, 0) is 5.41 Å². The van der Waals surface area contributed by atoms with Crippen LogP contribution in [0.15, 0.2) is 200 Å². The van der Waals surface area contributed by atoms with E-state index < -0.39 is 5.41 Å². The zero-order chi connectivity index (χ0) is 35.4. The second-order valence-corrected chi connectivity index (χ2v) is 14.8. The lowest BCUT2D eigenvalue weighted by molar-refractivity contribution is 0.802. The standard InChI is InChI=1S/C53H33N/c1-3-15-34(16-4-1)35-27-30-44-48(32-35)53(46-24-12-9-21-40(46)41-22-10-13-25-47(41)53)52-39-20-8-7-17-36(39)31-45(51(44)52)37-28-29-43-42-23-11-14-26-49(42)54(50(43)33-37)38-18-5-2-6-19-38/h1-33H. The molecule has 1 heterocycles. The van der Waals surface area contributed by atoms with Crippen molar-refractivity contribution in [3.05, 3.63) is 222 Å². The number of aromatic nitrogens is 1. The number of hydrogen-bond acceptors (Lipinski definition) is 0. The van der Waals surface area contributed by atoms with Crippen LogP contribution >= 0.6 is 0 Å². The Morgan fingerprint density at radius 1 is 0.333 bits per heavy atom. The van der Waals surface area contributed by atoms with Gasteiger partial charge in [-0.15, -0.1) is 0 Å². The maximum atomic E-state index is 2.50. The fourth-order valence-corrected chi connectivity index (χ4v) is 10.0. The lowest BCUT2D eigenvalue weighted by Gasteiger charge is -2.32. The van der Waals surface area contributed by atoms with Gasteiger partial charge in [0, 0.05) is 16.5 Å². The van der Waals surface area contributed by atoms with Crippen molar-refractivity contribution >= 4 is 32.6 Å². The van der Waals surface area contributed by atoms with E-state index in [0.717, 1.165) is 0 Å². The molecule has 10 aromatic rings. The van der Waals surface area contributed by atoms with E-state index in [0.29, 0.717) is 0 Å². The summed E-state index contributed by atoms with van der Waals surface area (Å²) in [7, 11) is 0. The summed E-state index contributed by atoms with van der Waals surface area (Å²) >= 11 is 0. The molecule has 0 unspecified atom stereocenters. The summed E-state index contributed by atoms with van der Waals surface area (Å²) in [6, 6.07) is 74.6. The van der Waals surface area contributed by atoms with Crippen molar-refractivity contribution in [3.8, 4) is 50.2 Å². The molecule has 0 saturated carbocycles. The molecule has 0 saturated heterocycles. The van der Waals surface area contributed by atoms with Crippen LogP contribution < -0.4 is 0 Å². The average Bonchev–Trinajstić information content (AvgIpc) is 3.85. The molecule has 1 spiro atoms. The molecule has 250 valence electrons. The fraction of sp³-hybridized carbons (Fsp3) is 0.0189. The van der Waals surface area contributed by atoms with E-state index in [4.69, 9.17) is 0 Å². The van der Waals surface area contributed by atoms with E-state index in [1.165, 1.54) is 105 Å². The van der Waals surface area contributed by atoms with Crippen LogP contribution in [0.3, 0.4) is 0 Å². The SMILES string of the molecule is c1ccc(-c2ccc3c(c2)C2(c4ccccc4-c4ccccc42)c2c-3c(-c3ccc4c5ccccc5n(-c5ccccc5)c4c3)cc3ccccc23)cc1. The van der Waals surface area contributed by atoms with Crippen molar-refractivity contribution in [2.75, 3.05) is 0 Å². The van der Waals surface area contributed by atoms with Gasteiger partial charge in [0.2, 0.25) is 0 Å². The molecule has 2 aliphatic carbocycles. The molecule has 0 radical (unpaired) electrons. The monoisotopic (exact) mass is 683 g/mol. The first-order chi connectivity index (χ1) is 26.8. The molecule has 0 atom stereocenters. The van der Waals surface area contributed by atoms with Crippen molar-refractivity contribution in [2.45, 2.75) is 5.41 Å². The number of nitrogens with zero attached hydrogens (tertiary/aromatic N) is 1. The van der Waals surface area contributed by atoms with Gasteiger partial charge in [-0.3, -0.25) is 0 Å². The molecule has 0 bridgehead atoms. The number of benzene rings is 9. The second-order valence-electron chi connectivity index (χ2n) is 14.8. The zero-order valence-corrected chi connectivity index (χ0v) is 29.5. The maximum absolute atomic E-state index is 2.50. The summed E-state index contributed by atoms with van der Waals surface area (Å²) in [4.78, 5) is 0. The molecular formula is C53H33N. The fourth-order valence-electron chi connectivity index (χ4n) is 10.0. The molecule has 1 heteroatoms. The largest absolute Gasteiger partial charge is 0.309 e. The lowest BCUT2D eigenvalue weighted by Crippen LogP contribution is -2.26. The Bertz CT molecular complexity index is 3100. The Labute approximate surface area is 314 Å². The second kappa shape index (κ2) is 11.0. The van der Waals surface area contributed by atoms with E-state index in [9.17, 15) is 0 Å². The summed E-state index contributed by atoms with van der Waals surface area (Å²) in [5.74, 6) is 0. The van der Waals surface area contributed by atoms with Gasteiger partial charge < -0.3 is 4.57 Å². The highest BCUT2D eigenvalue weighted by molar-refractivity contribution is 6.13. The summed E-state index contributed by atoms with van der Waals surface area (Å²) in [6.07, 6.45) is 0. The summed E-state index contributed by atoms with van der Waals surface area (Å²) < 4.78 is 2.43. The van der Waals surface area contributed by atoms with Crippen molar-refractivity contribution in [1.29, 1.82) is 0 Å². The molecule has 0 N–H and O–H groups in total. The number of para-hydroxylation sites is 2. The topological polar surface area (TPSA) is 4.93 Å². The highest BCUT2D eigenvalue weighted by Crippen LogP contribution is 2.66. The predicted molar refractivity (Wildman–Crippen MR) is 225 cm³/mol. The van der Waals surface area contributed by atoms with Crippen LogP contribution in [-0.4, -0.2) is 4.57 Å². The average molecular weight is 684 g/mol. The van der Waals surface area contributed by atoms with Crippen LogP contribution in [0.25, 0.3) is 82.8 Å². The predicted octanol–water partition coefficient (Wildman–Crippen LogP) is 13.6. The van der Waals surface area contributed by atoms with Crippen molar-refractivity contribution in [1.82, 2.24) is 4.57 Å². The molecule has 2 aliphatic rings. The van der Waals surface area contributed by atoms with E-state index in [1.54, 1.807) is 0 Å². The van der Waals surface area contributed by atoms with E-state index in [2.05, 4.69) is 205 Å². The molecule has 9 aromatic carbocycles. The number of hydrogen-bond donors (Lipinski definition) is 0. The third-order valence-electron chi connectivity index (χ3n) is 12.2. The van der Waals surface area contributed by atoms with Crippen LogP contribution in [0, 0.1) is 0 Å². The maximum Gasteiger partial charge on any atom is 0.0731 e. The van der Waals surface area contributed by atoms with Gasteiger partial charge in [-0.2, -0.15) is 0 Å². The molecule has 0 fully saturated rings. The molecular weight excluding hydrogens is 651 g/mol.